The normalized spacial score (nSPS) is 31.9. The fraction of sp³-hybridized carbons (Fsp3) is 0.833. The minimum Gasteiger partial charge on any atom is -0.315 e. The molecule has 0 amide bonds. The summed E-state index contributed by atoms with van der Waals surface area (Å²) in [4.78, 5) is 0. The Morgan fingerprint density at radius 1 is 1.38 bits per heavy atom. The van der Waals surface area contributed by atoms with Crippen LogP contribution >= 0.6 is 0 Å². The molecule has 1 fully saturated rings. The number of rotatable bonds is 0. The summed E-state index contributed by atoms with van der Waals surface area (Å²) in [7, 11) is 0. The molecule has 8 heavy (non-hydrogen) atoms. The summed E-state index contributed by atoms with van der Waals surface area (Å²) in [5, 5.41) is 6.54. The molecule has 1 aliphatic rings. The maximum atomic E-state index is 3.88. The van der Waals surface area contributed by atoms with E-state index in [1.54, 1.807) is 0 Å². The van der Waals surface area contributed by atoms with Crippen LogP contribution < -0.4 is 10.6 Å². The van der Waals surface area contributed by atoms with Crippen molar-refractivity contribution in [3.8, 4) is 0 Å². The van der Waals surface area contributed by atoms with E-state index >= 15 is 0 Å². The predicted molar refractivity (Wildman–Crippen MR) is 34.6 cm³/mol. The number of hydrogen-bond acceptors (Lipinski definition) is 2. The molecule has 1 radical (unpaired) electrons. The van der Waals surface area contributed by atoms with E-state index in [-0.39, 0.29) is 0 Å². The molecule has 1 rings (SSSR count). The van der Waals surface area contributed by atoms with Crippen LogP contribution in [0.3, 0.4) is 0 Å². The summed E-state index contributed by atoms with van der Waals surface area (Å²) < 4.78 is 0. The highest BCUT2D eigenvalue weighted by Crippen LogP contribution is 1.84. The lowest BCUT2D eigenvalue weighted by Gasteiger charge is -2.06. The van der Waals surface area contributed by atoms with Gasteiger partial charge in [0.2, 0.25) is 0 Å². The molecule has 1 unspecified atom stereocenters. The van der Waals surface area contributed by atoms with Crippen LogP contribution in [0.2, 0.25) is 0 Å². The van der Waals surface area contributed by atoms with Gasteiger partial charge in [0.1, 0.15) is 0 Å². The van der Waals surface area contributed by atoms with Gasteiger partial charge in [-0.25, -0.2) is 0 Å². The van der Waals surface area contributed by atoms with Gasteiger partial charge in [0.15, 0.2) is 0 Å². The second-order valence-electron chi connectivity index (χ2n) is 2.21. The minimum absolute atomic E-state index is 0.414. The Kier molecular flexibility index (Phi) is 2.30. The zero-order valence-corrected chi connectivity index (χ0v) is 5.11. The van der Waals surface area contributed by atoms with Crippen LogP contribution in [0.1, 0.15) is 6.42 Å². The van der Waals surface area contributed by atoms with Gasteiger partial charge in [-0.15, -0.1) is 0 Å². The molecule has 1 atom stereocenters. The van der Waals surface area contributed by atoms with Crippen molar-refractivity contribution < 1.29 is 0 Å². The first-order valence-corrected chi connectivity index (χ1v) is 3.17. The average molecular weight is 113 g/mol. The largest absolute Gasteiger partial charge is 0.315 e. The zero-order valence-electron chi connectivity index (χ0n) is 5.11. The van der Waals surface area contributed by atoms with Gasteiger partial charge in [0.05, 0.1) is 0 Å². The molecule has 1 aliphatic heterocycles. The van der Waals surface area contributed by atoms with Crippen molar-refractivity contribution in [2.75, 3.05) is 19.6 Å². The molecule has 47 valence electrons. The highest BCUT2D eigenvalue weighted by Gasteiger charge is 2.02. The van der Waals surface area contributed by atoms with Gasteiger partial charge in [0.25, 0.3) is 0 Å². The van der Waals surface area contributed by atoms with Crippen LogP contribution in [0, 0.1) is 6.92 Å². The van der Waals surface area contributed by atoms with E-state index < -0.39 is 0 Å². The third-order valence-corrected chi connectivity index (χ3v) is 1.35. The predicted octanol–water partition coefficient (Wildman–Crippen LogP) is -0.228. The average Bonchev–Trinajstić information content (AvgIpc) is 1.94. The molecule has 1 saturated heterocycles. The Labute approximate surface area is 50.7 Å². The van der Waals surface area contributed by atoms with E-state index in [9.17, 15) is 0 Å². The van der Waals surface area contributed by atoms with E-state index in [0.29, 0.717) is 6.04 Å². The lowest BCUT2D eigenvalue weighted by atomic mass is 10.3. The van der Waals surface area contributed by atoms with E-state index in [0.717, 1.165) is 19.6 Å². The standard InChI is InChI=1S/C6H13N2/c1-6-5-7-3-2-4-8-6/h6-8H,1-5H2. The van der Waals surface area contributed by atoms with Crippen LogP contribution in [0.15, 0.2) is 0 Å². The summed E-state index contributed by atoms with van der Waals surface area (Å²) in [5.74, 6) is 0. The molecule has 0 aromatic carbocycles. The quantitative estimate of drug-likeness (QED) is 0.453. The Morgan fingerprint density at radius 2 is 2.25 bits per heavy atom. The smallest absolute Gasteiger partial charge is 0.0193 e. The van der Waals surface area contributed by atoms with Crippen LogP contribution in [0.5, 0.6) is 0 Å². The highest BCUT2D eigenvalue weighted by molar-refractivity contribution is 4.74. The first-order valence-electron chi connectivity index (χ1n) is 3.17. The van der Waals surface area contributed by atoms with Crippen LogP contribution in [-0.4, -0.2) is 25.7 Å². The van der Waals surface area contributed by atoms with E-state index in [1.807, 2.05) is 0 Å². The van der Waals surface area contributed by atoms with Crippen LogP contribution in [-0.2, 0) is 0 Å². The van der Waals surface area contributed by atoms with E-state index in [2.05, 4.69) is 17.6 Å². The Bertz CT molecular complexity index is 55.5. The van der Waals surface area contributed by atoms with Crippen molar-refractivity contribution >= 4 is 0 Å². The van der Waals surface area contributed by atoms with E-state index in [4.69, 9.17) is 0 Å². The molecule has 0 spiro atoms. The molecule has 0 aliphatic carbocycles. The van der Waals surface area contributed by atoms with Crippen molar-refractivity contribution in [2.24, 2.45) is 0 Å². The molecule has 0 aromatic rings. The van der Waals surface area contributed by atoms with Crippen LogP contribution in [0.25, 0.3) is 0 Å². The maximum absolute atomic E-state index is 3.88. The van der Waals surface area contributed by atoms with E-state index in [1.165, 1.54) is 6.42 Å². The molecular weight excluding hydrogens is 100 g/mol. The molecule has 0 aromatic heterocycles. The SMILES string of the molecule is [CH2]C1CNCCCN1. The fourth-order valence-corrected chi connectivity index (χ4v) is 0.868. The maximum Gasteiger partial charge on any atom is 0.0193 e. The Balaban J connectivity index is 2.17. The topological polar surface area (TPSA) is 24.1 Å². The van der Waals surface area contributed by atoms with Gasteiger partial charge in [0, 0.05) is 12.6 Å². The van der Waals surface area contributed by atoms with Crippen molar-refractivity contribution in [3.63, 3.8) is 0 Å². The summed E-state index contributed by atoms with van der Waals surface area (Å²) >= 11 is 0. The summed E-state index contributed by atoms with van der Waals surface area (Å²) in [6.07, 6.45) is 1.23. The van der Waals surface area contributed by atoms with Crippen molar-refractivity contribution in [1.29, 1.82) is 0 Å². The number of hydrogen-bond donors (Lipinski definition) is 2. The van der Waals surface area contributed by atoms with Crippen molar-refractivity contribution in [1.82, 2.24) is 10.6 Å². The minimum atomic E-state index is 0.414. The lowest BCUT2D eigenvalue weighted by molar-refractivity contribution is 0.611. The first kappa shape index (κ1) is 6.05. The van der Waals surface area contributed by atoms with Gasteiger partial charge in [-0.2, -0.15) is 0 Å². The first-order chi connectivity index (χ1) is 3.89. The van der Waals surface area contributed by atoms with Gasteiger partial charge in [-0.1, -0.05) is 0 Å². The molecular formula is C6H13N2. The molecule has 2 heteroatoms. The molecule has 0 saturated carbocycles. The summed E-state index contributed by atoms with van der Waals surface area (Å²) in [5.41, 5.74) is 0. The fourth-order valence-electron chi connectivity index (χ4n) is 0.868. The number of nitrogens with one attached hydrogen (secondary N) is 2. The van der Waals surface area contributed by atoms with Crippen molar-refractivity contribution in [2.45, 2.75) is 12.5 Å². The summed E-state index contributed by atoms with van der Waals surface area (Å²) in [6, 6.07) is 0.414. The van der Waals surface area contributed by atoms with Gasteiger partial charge in [-0.05, 0) is 26.4 Å². The van der Waals surface area contributed by atoms with Crippen LogP contribution in [0.4, 0.5) is 0 Å². The molecule has 2 N–H and O–H groups in total. The third-order valence-electron chi connectivity index (χ3n) is 1.35. The van der Waals surface area contributed by atoms with Gasteiger partial charge >= 0.3 is 0 Å². The van der Waals surface area contributed by atoms with Crippen molar-refractivity contribution in [3.05, 3.63) is 6.92 Å². The molecule has 0 bridgehead atoms. The van der Waals surface area contributed by atoms with Gasteiger partial charge < -0.3 is 10.6 Å². The second kappa shape index (κ2) is 3.05. The third kappa shape index (κ3) is 1.80. The zero-order chi connectivity index (χ0) is 5.82. The second-order valence-corrected chi connectivity index (χ2v) is 2.21. The Hall–Kier alpha value is -0.0800. The summed E-state index contributed by atoms with van der Waals surface area (Å²) in [6.45, 7) is 7.15. The highest BCUT2D eigenvalue weighted by atomic mass is 15.0. The Morgan fingerprint density at radius 3 is 3.12 bits per heavy atom. The van der Waals surface area contributed by atoms with Gasteiger partial charge in [-0.3, -0.25) is 0 Å². The molecule has 2 nitrogen and oxygen atoms in total. The monoisotopic (exact) mass is 113 g/mol. The molecule has 1 heterocycles. The lowest BCUT2D eigenvalue weighted by Crippen LogP contribution is -2.32.